The molecule has 36 heavy (non-hydrogen) atoms. The van der Waals surface area contributed by atoms with Crippen molar-refractivity contribution >= 4 is 40.2 Å². The molecule has 0 bridgehead atoms. The van der Waals surface area contributed by atoms with Crippen molar-refractivity contribution in [2.75, 3.05) is 32.5 Å². The summed E-state index contributed by atoms with van der Waals surface area (Å²) in [6.45, 7) is 2.83. The summed E-state index contributed by atoms with van der Waals surface area (Å²) in [5.41, 5.74) is 0.707. The molecule has 4 rings (SSSR count). The molecule has 5 nitrogen and oxygen atoms in total. The van der Waals surface area contributed by atoms with Crippen molar-refractivity contribution in [2.45, 2.75) is 75.6 Å². The molecule has 0 spiro atoms. The number of methoxy groups -OCH3 is 1. The van der Waals surface area contributed by atoms with Crippen LogP contribution < -0.4 is 4.74 Å². The van der Waals surface area contributed by atoms with E-state index in [0.717, 1.165) is 37.7 Å². The molecule has 0 amide bonds. The lowest BCUT2D eigenvalue weighted by Crippen LogP contribution is -2.41. The number of carboxylic acids is 1. The van der Waals surface area contributed by atoms with E-state index in [2.05, 4.69) is 21.6 Å². The smallest absolute Gasteiger partial charge is 0.303 e. The fraction of sp³-hybridized carbons (Fsp3) is 0.643. The number of hydrogen-bond acceptors (Lipinski definition) is 5. The monoisotopic (exact) mass is 536 g/mol. The summed E-state index contributed by atoms with van der Waals surface area (Å²) in [5.74, 6) is 1.02. The van der Waals surface area contributed by atoms with Crippen molar-refractivity contribution in [3.05, 3.63) is 35.0 Å². The molecule has 198 valence electrons. The van der Waals surface area contributed by atoms with Gasteiger partial charge in [0.25, 0.3) is 0 Å². The van der Waals surface area contributed by atoms with Crippen molar-refractivity contribution in [1.82, 2.24) is 9.88 Å². The number of likely N-dealkylation sites (tertiary alicyclic amines) is 1. The highest BCUT2D eigenvalue weighted by atomic mass is 35.5. The number of benzene rings is 1. The van der Waals surface area contributed by atoms with E-state index >= 15 is 4.39 Å². The van der Waals surface area contributed by atoms with Gasteiger partial charge in [-0.1, -0.05) is 24.4 Å². The minimum absolute atomic E-state index is 0.0870. The van der Waals surface area contributed by atoms with E-state index in [4.69, 9.17) is 16.3 Å². The van der Waals surface area contributed by atoms with Gasteiger partial charge in [0.05, 0.1) is 24.1 Å². The average molecular weight is 537 g/mol. The normalized spacial score (nSPS) is 19.5. The highest BCUT2D eigenvalue weighted by molar-refractivity contribution is 7.99. The lowest BCUT2D eigenvalue weighted by Gasteiger charge is -2.41. The third kappa shape index (κ3) is 7.05. The number of fused-ring (bicyclic) bond motifs is 1. The average Bonchev–Trinajstić information content (AvgIpc) is 3.39. The van der Waals surface area contributed by atoms with Crippen molar-refractivity contribution < 1.29 is 19.0 Å². The Morgan fingerprint density at radius 2 is 2.08 bits per heavy atom. The standard InChI is InChI=1S/C28H38ClFN2O3S/c1-35-20-7-8-25-22(17-20)27(23(29)19-31-25)24(30)9-10-28(18-26(33)34)11-14-32(15-12-28)13-4-16-36-21-5-2-3-6-21/h7-8,17,19,21,24H,2-6,9-16,18H2,1H3,(H,33,34). The highest BCUT2D eigenvalue weighted by Crippen LogP contribution is 2.44. The van der Waals surface area contributed by atoms with E-state index in [-0.39, 0.29) is 18.3 Å². The molecule has 0 radical (unpaired) electrons. The van der Waals surface area contributed by atoms with E-state index in [1.807, 2.05) is 0 Å². The number of hydrogen-bond donors (Lipinski definition) is 1. The molecular formula is C28H38ClFN2O3S. The van der Waals surface area contributed by atoms with Gasteiger partial charge in [-0.05, 0) is 93.9 Å². The fourth-order valence-corrected chi connectivity index (χ4v) is 7.44. The lowest BCUT2D eigenvalue weighted by atomic mass is 9.71. The molecule has 2 heterocycles. The van der Waals surface area contributed by atoms with Gasteiger partial charge in [-0.15, -0.1) is 0 Å². The number of aromatic nitrogens is 1. The molecule has 1 N–H and O–H groups in total. The number of pyridine rings is 1. The van der Waals surface area contributed by atoms with Crippen LogP contribution in [-0.4, -0.2) is 58.7 Å². The molecule has 2 fully saturated rings. The fourth-order valence-electron chi connectivity index (χ4n) is 5.87. The second-order valence-electron chi connectivity index (χ2n) is 10.5. The number of piperidine rings is 1. The summed E-state index contributed by atoms with van der Waals surface area (Å²) in [6.07, 6.45) is 9.31. The maximum absolute atomic E-state index is 15.7. The minimum atomic E-state index is -1.30. The van der Waals surface area contributed by atoms with Gasteiger partial charge >= 0.3 is 5.97 Å². The van der Waals surface area contributed by atoms with Crippen LogP contribution in [0.25, 0.3) is 10.9 Å². The molecule has 1 unspecified atom stereocenters. The Kier molecular flexibility index (Phi) is 9.76. The molecule has 1 saturated heterocycles. The Balaban J connectivity index is 1.35. The summed E-state index contributed by atoms with van der Waals surface area (Å²) in [7, 11) is 1.57. The summed E-state index contributed by atoms with van der Waals surface area (Å²) >= 11 is 8.53. The van der Waals surface area contributed by atoms with E-state index in [1.54, 1.807) is 25.3 Å². The summed E-state index contributed by atoms with van der Waals surface area (Å²) in [4.78, 5) is 18.5. The maximum atomic E-state index is 15.7. The van der Waals surface area contributed by atoms with Crippen LogP contribution in [0.5, 0.6) is 5.75 Å². The summed E-state index contributed by atoms with van der Waals surface area (Å²) in [6, 6.07) is 5.37. The maximum Gasteiger partial charge on any atom is 0.303 e. The number of rotatable bonds is 12. The molecule has 2 aromatic rings. The Labute approximate surface area is 223 Å². The number of thioether (sulfide) groups is 1. The summed E-state index contributed by atoms with van der Waals surface area (Å²) < 4.78 is 21.0. The number of carbonyl (C=O) groups is 1. The zero-order valence-corrected chi connectivity index (χ0v) is 22.8. The topological polar surface area (TPSA) is 62.7 Å². The molecule has 8 heteroatoms. The second-order valence-corrected chi connectivity index (χ2v) is 12.3. The van der Waals surface area contributed by atoms with Gasteiger partial charge in [-0.25, -0.2) is 4.39 Å². The SMILES string of the molecule is COc1ccc2ncc(Cl)c(C(F)CCC3(CC(=O)O)CCN(CCCSC4CCCC4)CC3)c2c1. The number of halogens is 2. The number of ether oxygens (including phenoxy) is 1. The first kappa shape index (κ1) is 27.5. The van der Waals surface area contributed by atoms with Gasteiger partial charge in [0.2, 0.25) is 0 Å². The van der Waals surface area contributed by atoms with Crippen LogP contribution in [0.3, 0.4) is 0 Å². The number of alkyl halides is 1. The molecule has 1 aliphatic heterocycles. The van der Waals surface area contributed by atoms with E-state index in [9.17, 15) is 9.90 Å². The first-order valence-corrected chi connectivity index (χ1v) is 14.6. The molecule has 1 saturated carbocycles. The van der Waals surface area contributed by atoms with Crippen molar-refractivity contribution in [3.8, 4) is 5.75 Å². The Hall–Kier alpha value is -1.57. The van der Waals surface area contributed by atoms with Gasteiger partial charge < -0.3 is 14.7 Å². The predicted molar refractivity (Wildman–Crippen MR) is 146 cm³/mol. The Morgan fingerprint density at radius 3 is 2.78 bits per heavy atom. The Bertz CT molecular complexity index is 1030. The van der Waals surface area contributed by atoms with Crippen LogP contribution in [0.2, 0.25) is 5.02 Å². The number of aliphatic carboxylic acids is 1. The molecule has 2 aliphatic rings. The van der Waals surface area contributed by atoms with Gasteiger partial charge in [-0.2, -0.15) is 11.8 Å². The van der Waals surface area contributed by atoms with E-state index in [1.165, 1.54) is 44.1 Å². The molecule has 1 aromatic heterocycles. The van der Waals surface area contributed by atoms with Crippen LogP contribution in [-0.2, 0) is 4.79 Å². The summed E-state index contributed by atoms with van der Waals surface area (Å²) in [5, 5.41) is 11.4. The zero-order valence-electron chi connectivity index (χ0n) is 21.2. The van der Waals surface area contributed by atoms with Crippen molar-refractivity contribution in [3.63, 3.8) is 0 Å². The van der Waals surface area contributed by atoms with E-state index < -0.39 is 12.1 Å². The van der Waals surface area contributed by atoms with Gasteiger partial charge in [0.15, 0.2) is 0 Å². The minimum Gasteiger partial charge on any atom is -0.497 e. The zero-order chi connectivity index (χ0) is 25.5. The third-order valence-corrected chi connectivity index (χ3v) is 9.80. The number of nitrogens with zero attached hydrogens (tertiary/aromatic N) is 2. The van der Waals surface area contributed by atoms with Crippen LogP contribution >= 0.6 is 23.4 Å². The molecule has 1 atom stereocenters. The van der Waals surface area contributed by atoms with Gasteiger partial charge in [-0.3, -0.25) is 9.78 Å². The third-order valence-electron chi connectivity index (χ3n) is 8.03. The largest absolute Gasteiger partial charge is 0.497 e. The van der Waals surface area contributed by atoms with Crippen LogP contribution in [0.4, 0.5) is 4.39 Å². The van der Waals surface area contributed by atoms with Crippen molar-refractivity contribution in [1.29, 1.82) is 0 Å². The van der Waals surface area contributed by atoms with Crippen LogP contribution in [0.15, 0.2) is 24.4 Å². The first-order valence-electron chi connectivity index (χ1n) is 13.2. The van der Waals surface area contributed by atoms with Gasteiger partial charge in [0, 0.05) is 22.4 Å². The van der Waals surface area contributed by atoms with E-state index in [0.29, 0.717) is 33.7 Å². The van der Waals surface area contributed by atoms with Crippen LogP contribution in [0.1, 0.15) is 75.9 Å². The van der Waals surface area contributed by atoms with Gasteiger partial charge in [0.1, 0.15) is 11.9 Å². The molecule has 1 aromatic carbocycles. The highest BCUT2D eigenvalue weighted by Gasteiger charge is 2.37. The predicted octanol–water partition coefficient (Wildman–Crippen LogP) is 7.31. The number of carboxylic acid groups (broad SMARTS) is 1. The lowest BCUT2D eigenvalue weighted by molar-refractivity contribution is -0.141. The second kappa shape index (κ2) is 12.8. The Morgan fingerprint density at radius 1 is 1.33 bits per heavy atom. The quantitative estimate of drug-likeness (QED) is 0.287. The first-order chi connectivity index (χ1) is 17.4. The van der Waals surface area contributed by atoms with Crippen molar-refractivity contribution in [2.24, 2.45) is 5.41 Å². The molecular weight excluding hydrogens is 499 g/mol. The molecule has 1 aliphatic carbocycles. The van der Waals surface area contributed by atoms with Crippen LogP contribution in [0, 0.1) is 5.41 Å².